The fraction of sp³-hybridized carbons (Fsp3) is 0.769. The van der Waals surface area contributed by atoms with Crippen molar-refractivity contribution in [2.45, 2.75) is 59.2 Å². The number of rotatable bonds is 8. The van der Waals surface area contributed by atoms with Gasteiger partial charge in [0.25, 0.3) is 0 Å². The molecule has 0 aromatic carbocycles. The Morgan fingerprint density at radius 2 is 2.06 bits per heavy atom. The molecule has 0 spiro atoms. The zero-order chi connectivity index (χ0) is 13.5. The van der Waals surface area contributed by atoms with Crippen LogP contribution in [-0.4, -0.2) is 21.2 Å². The number of halogens is 2. The van der Waals surface area contributed by atoms with E-state index < -0.39 is 0 Å². The first kappa shape index (κ1) is 16.2. The minimum atomic E-state index is 0.571. The molecule has 0 aliphatic heterocycles. The van der Waals surface area contributed by atoms with Gasteiger partial charge in [0.1, 0.15) is 0 Å². The molecule has 0 radical (unpaired) electrons. The number of hydrogen-bond acceptors (Lipinski definition) is 2. The fourth-order valence-electron chi connectivity index (χ4n) is 2.01. The topological polar surface area (TPSA) is 29.9 Å². The lowest BCUT2D eigenvalue weighted by Crippen LogP contribution is -2.29. The monoisotopic (exact) mass is 379 g/mol. The molecule has 0 aliphatic rings. The highest BCUT2D eigenvalue weighted by Crippen LogP contribution is 2.22. The van der Waals surface area contributed by atoms with Crippen molar-refractivity contribution < 1.29 is 0 Å². The molecule has 104 valence electrons. The summed E-state index contributed by atoms with van der Waals surface area (Å²) in [5.74, 6) is 0. The summed E-state index contributed by atoms with van der Waals surface area (Å²) in [4.78, 5) is 0. The van der Waals surface area contributed by atoms with Crippen LogP contribution in [0.5, 0.6) is 0 Å². The Morgan fingerprint density at radius 3 is 2.56 bits per heavy atom. The highest BCUT2D eigenvalue weighted by Gasteiger charge is 2.14. The number of aromatic nitrogens is 2. The molecule has 1 aromatic rings. The molecule has 1 heterocycles. The van der Waals surface area contributed by atoms with Crippen LogP contribution in [0.3, 0.4) is 0 Å². The predicted molar refractivity (Wildman–Crippen MR) is 84.3 cm³/mol. The summed E-state index contributed by atoms with van der Waals surface area (Å²) < 4.78 is 3.27. The molecule has 1 aromatic heterocycles. The quantitative estimate of drug-likeness (QED) is 0.693. The first-order valence-electron chi connectivity index (χ1n) is 6.71. The van der Waals surface area contributed by atoms with Crippen molar-refractivity contribution in [2.75, 3.05) is 5.33 Å². The van der Waals surface area contributed by atoms with E-state index in [0.29, 0.717) is 6.04 Å². The Kier molecular flexibility index (Phi) is 7.49. The van der Waals surface area contributed by atoms with Gasteiger partial charge in [-0.2, -0.15) is 5.10 Å². The molecule has 0 saturated carbocycles. The first-order chi connectivity index (χ1) is 8.67. The Balaban J connectivity index is 2.73. The van der Waals surface area contributed by atoms with Crippen LogP contribution in [0.25, 0.3) is 0 Å². The minimum Gasteiger partial charge on any atom is -0.308 e. The predicted octanol–water partition coefficient (Wildman–Crippen LogP) is 3.88. The van der Waals surface area contributed by atoms with Crippen molar-refractivity contribution in [3.8, 4) is 0 Å². The molecular formula is C13H23Br2N3. The van der Waals surface area contributed by atoms with Crippen LogP contribution in [0.2, 0.25) is 0 Å². The van der Waals surface area contributed by atoms with E-state index in [2.05, 4.69) is 67.7 Å². The SMILES string of the molecule is CCc1nn(CC)c(CNC(CC)CCBr)c1Br. The van der Waals surface area contributed by atoms with E-state index in [1.165, 1.54) is 10.2 Å². The average Bonchev–Trinajstić information content (AvgIpc) is 2.70. The highest BCUT2D eigenvalue weighted by atomic mass is 79.9. The van der Waals surface area contributed by atoms with Crippen molar-refractivity contribution in [3.05, 3.63) is 15.9 Å². The highest BCUT2D eigenvalue weighted by molar-refractivity contribution is 9.10. The molecule has 5 heteroatoms. The third-order valence-electron chi connectivity index (χ3n) is 3.20. The number of hydrogen-bond donors (Lipinski definition) is 1. The molecule has 0 fully saturated rings. The Morgan fingerprint density at radius 1 is 1.33 bits per heavy atom. The molecule has 0 aliphatic carbocycles. The van der Waals surface area contributed by atoms with E-state index in [-0.39, 0.29) is 0 Å². The second-order valence-electron chi connectivity index (χ2n) is 4.34. The maximum atomic E-state index is 4.62. The van der Waals surface area contributed by atoms with E-state index in [0.717, 1.165) is 43.4 Å². The van der Waals surface area contributed by atoms with Gasteiger partial charge in [-0.15, -0.1) is 0 Å². The summed E-state index contributed by atoms with van der Waals surface area (Å²) in [6.45, 7) is 8.31. The average molecular weight is 381 g/mol. The molecule has 1 unspecified atom stereocenters. The summed E-state index contributed by atoms with van der Waals surface area (Å²) in [6.07, 6.45) is 3.29. The minimum absolute atomic E-state index is 0.571. The molecule has 1 N–H and O–H groups in total. The summed E-state index contributed by atoms with van der Waals surface area (Å²) in [7, 11) is 0. The van der Waals surface area contributed by atoms with Crippen LogP contribution in [0, 0.1) is 0 Å². The van der Waals surface area contributed by atoms with Crippen LogP contribution in [0.15, 0.2) is 4.47 Å². The zero-order valence-corrected chi connectivity index (χ0v) is 14.6. The van der Waals surface area contributed by atoms with Gasteiger partial charge in [0, 0.05) is 24.5 Å². The third kappa shape index (κ3) is 4.07. The lowest BCUT2D eigenvalue weighted by atomic mass is 10.1. The van der Waals surface area contributed by atoms with Gasteiger partial charge in [0.2, 0.25) is 0 Å². The molecule has 0 amide bonds. The second-order valence-corrected chi connectivity index (χ2v) is 5.93. The molecule has 0 bridgehead atoms. The third-order valence-corrected chi connectivity index (χ3v) is 4.58. The fourth-order valence-corrected chi connectivity index (χ4v) is 3.27. The molecule has 1 atom stereocenters. The van der Waals surface area contributed by atoms with Crippen molar-refractivity contribution in [2.24, 2.45) is 0 Å². The number of nitrogens with zero attached hydrogens (tertiary/aromatic N) is 2. The van der Waals surface area contributed by atoms with E-state index in [1.807, 2.05) is 0 Å². The largest absolute Gasteiger partial charge is 0.308 e. The lowest BCUT2D eigenvalue weighted by Gasteiger charge is -2.16. The number of nitrogens with one attached hydrogen (secondary N) is 1. The van der Waals surface area contributed by atoms with E-state index in [1.54, 1.807) is 0 Å². The second kappa shape index (κ2) is 8.33. The van der Waals surface area contributed by atoms with Gasteiger partial charge in [-0.1, -0.05) is 29.8 Å². The van der Waals surface area contributed by atoms with Crippen LogP contribution < -0.4 is 5.32 Å². The maximum Gasteiger partial charge on any atom is 0.0767 e. The normalized spacial score (nSPS) is 12.9. The molecule has 18 heavy (non-hydrogen) atoms. The lowest BCUT2D eigenvalue weighted by molar-refractivity contribution is 0.469. The molecule has 3 nitrogen and oxygen atoms in total. The number of aryl methyl sites for hydroxylation is 2. The summed E-state index contributed by atoms with van der Waals surface area (Å²) in [5, 5.41) is 9.28. The van der Waals surface area contributed by atoms with Crippen molar-refractivity contribution >= 4 is 31.9 Å². The van der Waals surface area contributed by atoms with Crippen molar-refractivity contribution in [1.29, 1.82) is 0 Å². The van der Waals surface area contributed by atoms with Crippen LogP contribution in [-0.2, 0) is 19.5 Å². The maximum absolute atomic E-state index is 4.62. The Labute approximate surface area is 127 Å². The van der Waals surface area contributed by atoms with E-state index >= 15 is 0 Å². The van der Waals surface area contributed by atoms with Gasteiger partial charge in [-0.05, 0) is 42.1 Å². The van der Waals surface area contributed by atoms with Gasteiger partial charge >= 0.3 is 0 Å². The van der Waals surface area contributed by atoms with Gasteiger partial charge in [-0.25, -0.2) is 0 Å². The summed E-state index contributed by atoms with van der Waals surface area (Å²) in [6, 6.07) is 0.571. The molecule has 1 rings (SSSR count). The van der Waals surface area contributed by atoms with Gasteiger partial charge in [-0.3, -0.25) is 4.68 Å². The summed E-state index contributed by atoms with van der Waals surface area (Å²) >= 11 is 7.19. The molecule has 0 saturated heterocycles. The zero-order valence-electron chi connectivity index (χ0n) is 11.5. The standard InChI is InChI=1S/C13H23Br2N3/c1-4-10(7-8-14)16-9-12-13(15)11(5-2)17-18(12)6-3/h10,16H,4-9H2,1-3H3. The van der Waals surface area contributed by atoms with E-state index in [9.17, 15) is 0 Å². The Hall–Kier alpha value is 0.130. The number of alkyl halides is 1. The van der Waals surface area contributed by atoms with Crippen LogP contribution >= 0.6 is 31.9 Å². The van der Waals surface area contributed by atoms with Crippen LogP contribution in [0.4, 0.5) is 0 Å². The smallest absolute Gasteiger partial charge is 0.0767 e. The van der Waals surface area contributed by atoms with E-state index in [4.69, 9.17) is 0 Å². The molecular weight excluding hydrogens is 358 g/mol. The van der Waals surface area contributed by atoms with Gasteiger partial charge < -0.3 is 5.32 Å². The van der Waals surface area contributed by atoms with Crippen molar-refractivity contribution in [1.82, 2.24) is 15.1 Å². The summed E-state index contributed by atoms with van der Waals surface area (Å²) in [5.41, 5.74) is 2.42. The van der Waals surface area contributed by atoms with Crippen molar-refractivity contribution in [3.63, 3.8) is 0 Å². The first-order valence-corrected chi connectivity index (χ1v) is 8.62. The Bertz CT molecular complexity index is 363. The van der Waals surface area contributed by atoms with Gasteiger partial charge in [0.15, 0.2) is 0 Å². The van der Waals surface area contributed by atoms with Crippen LogP contribution in [0.1, 0.15) is 45.0 Å². The van der Waals surface area contributed by atoms with Gasteiger partial charge in [0.05, 0.1) is 15.9 Å².